The fourth-order valence-corrected chi connectivity index (χ4v) is 5.98. The molecule has 1 aliphatic heterocycles. The first-order chi connectivity index (χ1) is 15.2. The van der Waals surface area contributed by atoms with Crippen LogP contribution in [0.3, 0.4) is 0 Å². The first-order valence-corrected chi connectivity index (χ1v) is 12.8. The summed E-state index contributed by atoms with van der Waals surface area (Å²) in [6.07, 6.45) is 0. The molecule has 1 saturated heterocycles. The molecule has 0 radical (unpaired) electrons. The number of aromatic nitrogens is 1. The van der Waals surface area contributed by atoms with Gasteiger partial charge in [-0.1, -0.05) is 46.7 Å². The Hall–Kier alpha value is -2.33. The number of benzene rings is 2. The van der Waals surface area contributed by atoms with Crippen LogP contribution < -0.4 is 9.62 Å². The van der Waals surface area contributed by atoms with Gasteiger partial charge in [-0.25, -0.2) is 13.4 Å². The van der Waals surface area contributed by atoms with Crippen molar-refractivity contribution in [2.24, 2.45) is 0 Å². The number of sulfonamides is 1. The number of aryl methyl sites for hydroxylation is 1. The van der Waals surface area contributed by atoms with E-state index in [0.717, 1.165) is 17.0 Å². The summed E-state index contributed by atoms with van der Waals surface area (Å²) >= 11 is 13.2. The summed E-state index contributed by atoms with van der Waals surface area (Å²) in [5.74, 6) is -0.157. The van der Waals surface area contributed by atoms with Gasteiger partial charge < -0.3 is 9.80 Å². The highest BCUT2D eigenvalue weighted by Crippen LogP contribution is 2.29. The van der Waals surface area contributed by atoms with Gasteiger partial charge in [0.1, 0.15) is 4.88 Å². The molecule has 0 saturated carbocycles. The summed E-state index contributed by atoms with van der Waals surface area (Å²) in [5, 5.41) is 1.27. The average molecular weight is 511 g/mol. The second-order valence-electron chi connectivity index (χ2n) is 7.22. The topological polar surface area (TPSA) is 82.6 Å². The Balaban J connectivity index is 1.44. The van der Waals surface area contributed by atoms with Crippen LogP contribution in [-0.2, 0) is 10.0 Å². The molecule has 11 heteroatoms. The van der Waals surface area contributed by atoms with Crippen LogP contribution >= 0.6 is 34.5 Å². The van der Waals surface area contributed by atoms with E-state index in [1.165, 1.54) is 24.3 Å². The molecular weight excluding hydrogens is 491 g/mol. The Kier molecular flexibility index (Phi) is 6.62. The minimum absolute atomic E-state index is 0.0679. The summed E-state index contributed by atoms with van der Waals surface area (Å²) in [4.78, 5) is 21.7. The molecule has 1 aromatic heterocycles. The number of carbonyl (C=O) groups is 1. The van der Waals surface area contributed by atoms with Gasteiger partial charge in [-0.2, -0.15) is 0 Å². The Labute approximate surface area is 200 Å². The zero-order valence-electron chi connectivity index (χ0n) is 17.1. The van der Waals surface area contributed by atoms with E-state index < -0.39 is 10.0 Å². The number of carbonyl (C=O) groups excluding carboxylic acids is 1. The van der Waals surface area contributed by atoms with Crippen molar-refractivity contribution in [1.82, 2.24) is 9.88 Å². The average Bonchev–Trinajstić information content (AvgIpc) is 3.13. The summed E-state index contributed by atoms with van der Waals surface area (Å²) in [6.45, 7) is 4.08. The number of hydrogen-bond donors (Lipinski definition) is 1. The van der Waals surface area contributed by atoms with Gasteiger partial charge in [0, 0.05) is 31.2 Å². The van der Waals surface area contributed by atoms with E-state index in [1.807, 2.05) is 24.3 Å². The van der Waals surface area contributed by atoms with Gasteiger partial charge in [-0.3, -0.25) is 9.52 Å². The third-order valence-electron chi connectivity index (χ3n) is 5.10. The van der Waals surface area contributed by atoms with E-state index in [-0.39, 0.29) is 15.9 Å². The number of hydrogen-bond acceptors (Lipinski definition) is 6. The molecule has 0 unspecified atom stereocenters. The first kappa shape index (κ1) is 22.8. The van der Waals surface area contributed by atoms with Gasteiger partial charge >= 0.3 is 0 Å². The molecule has 0 spiro atoms. The number of nitrogens with one attached hydrogen (secondary N) is 1. The SMILES string of the molecule is Cc1nc(NS(=O)(=O)c2ccc(Cl)cc2)sc1C(=O)N1CCN(c2ccccc2Cl)CC1. The van der Waals surface area contributed by atoms with E-state index in [4.69, 9.17) is 23.2 Å². The van der Waals surface area contributed by atoms with Crippen LogP contribution in [0, 0.1) is 6.92 Å². The van der Waals surface area contributed by atoms with Crippen LogP contribution in [0.15, 0.2) is 53.4 Å². The molecule has 1 aliphatic rings. The lowest BCUT2D eigenvalue weighted by molar-refractivity contribution is 0.0750. The molecular formula is C21H20Cl2N4O3S2. The van der Waals surface area contributed by atoms with E-state index >= 15 is 0 Å². The smallest absolute Gasteiger partial charge is 0.266 e. The number of rotatable bonds is 5. The molecule has 1 fully saturated rings. The molecule has 0 bridgehead atoms. The number of anilines is 2. The maximum absolute atomic E-state index is 13.1. The van der Waals surface area contributed by atoms with Crippen molar-refractivity contribution >= 4 is 61.3 Å². The molecule has 3 aromatic rings. The Morgan fingerprint density at radius 1 is 1.03 bits per heavy atom. The van der Waals surface area contributed by atoms with Gasteiger partial charge in [-0.05, 0) is 43.3 Å². The van der Waals surface area contributed by atoms with Gasteiger partial charge in [0.05, 0.1) is 21.3 Å². The lowest BCUT2D eigenvalue weighted by Crippen LogP contribution is -2.48. The van der Waals surface area contributed by atoms with E-state index in [9.17, 15) is 13.2 Å². The fraction of sp³-hybridized carbons (Fsp3) is 0.238. The molecule has 0 atom stereocenters. The van der Waals surface area contributed by atoms with Gasteiger partial charge in [0.2, 0.25) is 0 Å². The van der Waals surface area contributed by atoms with E-state index in [1.54, 1.807) is 11.8 Å². The number of halogens is 2. The Bertz CT molecular complexity index is 1240. The molecule has 2 aromatic carbocycles. The zero-order chi connectivity index (χ0) is 22.9. The molecule has 2 heterocycles. The van der Waals surface area contributed by atoms with Crippen LogP contribution in [0.1, 0.15) is 15.4 Å². The number of amides is 1. The van der Waals surface area contributed by atoms with Crippen molar-refractivity contribution in [3.8, 4) is 0 Å². The van der Waals surface area contributed by atoms with Crippen molar-refractivity contribution in [3.63, 3.8) is 0 Å². The summed E-state index contributed by atoms with van der Waals surface area (Å²) in [7, 11) is -3.83. The Morgan fingerprint density at radius 3 is 2.34 bits per heavy atom. The predicted molar refractivity (Wildman–Crippen MR) is 129 cm³/mol. The number of piperazine rings is 1. The van der Waals surface area contributed by atoms with Gasteiger partial charge in [-0.15, -0.1) is 0 Å². The van der Waals surface area contributed by atoms with E-state index in [2.05, 4.69) is 14.6 Å². The number of para-hydroxylation sites is 1. The monoisotopic (exact) mass is 510 g/mol. The Morgan fingerprint density at radius 2 is 1.69 bits per heavy atom. The first-order valence-electron chi connectivity index (χ1n) is 9.79. The molecule has 0 aliphatic carbocycles. The van der Waals surface area contributed by atoms with Crippen LogP contribution in [0.5, 0.6) is 0 Å². The lowest BCUT2D eigenvalue weighted by Gasteiger charge is -2.36. The van der Waals surface area contributed by atoms with E-state index in [0.29, 0.717) is 46.8 Å². The highest BCUT2D eigenvalue weighted by atomic mass is 35.5. The molecule has 4 rings (SSSR count). The van der Waals surface area contributed by atoms with Crippen molar-refractivity contribution in [1.29, 1.82) is 0 Å². The molecule has 1 amide bonds. The molecule has 32 heavy (non-hydrogen) atoms. The standard InChI is InChI=1S/C21H20Cl2N4O3S2/c1-14-19(31-21(24-14)25-32(29,30)16-8-6-15(22)7-9-16)20(28)27-12-10-26(11-13-27)18-5-3-2-4-17(18)23/h2-9H,10-13H2,1H3,(H,24,25). The largest absolute Gasteiger partial charge is 0.367 e. The zero-order valence-corrected chi connectivity index (χ0v) is 20.2. The summed E-state index contributed by atoms with van der Waals surface area (Å²) < 4.78 is 27.7. The molecule has 1 N–H and O–H groups in total. The number of thiazole rings is 1. The second-order valence-corrected chi connectivity index (χ2v) is 10.7. The molecule has 7 nitrogen and oxygen atoms in total. The second kappa shape index (κ2) is 9.27. The maximum atomic E-state index is 13.1. The highest BCUT2D eigenvalue weighted by molar-refractivity contribution is 7.93. The summed E-state index contributed by atoms with van der Waals surface area (Å²) in [6, 6.07) is 13.5. The minimum atomic E-state index is -3.83. The van der Waals surface area contributed by atoms with Crippen LogP contribution in [-0.4, -0.2) is 50.4 Å². The molecule has 168 valence electrons. The quantitative estimate of drug-likeness (QED) is 0.545. The maximum Gasteiger partial charge on any atom is 0.266 e. The van der Waals surface area contributed by atoms with Crippen molar-refractivity contribution in [2.75, 3.05) is 35.8 Å². The van der Waals surface area contributed by atoms with Crippen molar-refractivity contribution in [2.45, 2.75) is 11.8 Å². The van der Waals surface area contributed by atoms with Gasteiger partial charge in [0.15, 0.2) is 5.13 Å². The fourth-order valence-electron chi connectivity index (χ4n) is 3.43. The minimum Gasteiger partial charge on any atom is -0.367 e. The third-order valence-corrected chi connectivity index (χ3v) is 8.21. The van der Waals surface area contributed by atoms with Crippen LogP contribution in [0.2, 0.25) is 10.0 Å². The number of nitrogens with zero attached hydrogens (tertiary/aromatic N) is 3. The van der Waals surface area contributed by atoms with Crippen LogP contribution in [0.25, 0.3) is 0 Å². The third kappa shape index (κ3) is 4.85. The highest BCUT2D eigenvalue weighted by Gasteiger charge is 2.27. The normalized spacial score (nSPS) is 14.5. The van der Waals surface area contributed by atoms with Gasteiger partial charge in [0.25, 0.3) is 15.9 Å². The predicted octanol–water partition coefficient (Wildman–Crippen LogP) is 4.52. The summed E-state index contributed by atoms with van der Waals surface area (Å²) in [5.41, 5.74) is 1.44. The lowest BCUT2D eigenvalue weighted by atomic mass is 10.2. The van der Waals surface area contributed by atoms with Crippen molar-refractivity contribution < 1.29 is 13.2 Å². The van der Waals surface area contributed by atoms with Crippen LogP contribution in [0.4, 0.5) is 10.8 Å². The van der Waals surface area contributed by atoms with Crippen molar-refractivity contribution in [3.05, 3.63) is 69.1 Å².